The molecule has 6 heteroatoms. The van der Waals surface area contributed by atoms with Crippen molar-refractivity contribution < 1.29 is 9.59 Å². The molecule has 1 aliphatic rings. The van der Waals surface area contributed by atoms with Crippen LogP contribution in [-0.4, -0.2) is 25.1 Å². The van der Waals surface area contributed by atoms with Crippen molar-refractivity contribution in [3.8, 4) is 6.07 Å². The van der Waals surface area contributed by atoms with E-state index in [0.717, 1.165) is 36.9 Å². The number of benzene rings is 2. The van der Waals surface area contributed by atoms with E-state index in [0.29, 0.717) is 22.6 Å². The Hall–Kier alpha value is -3.46. The second-order valence-electron chi connectivity index (χ2n) is 8.91. The second kappa shape index (κ2) is 11.4. The lowest BCUT2D eigenvalue weighted by Gasteiger charge is -2.28. The SMILES string of the molecule is CNc1ccc(C(C(=O)C2CCCCC2)C(C)C)cc1N=CNC(=O)c1ccc(C#N)cc1. The number of carbonyl (C=O) groups excluding carboxylic acids is 2. The molecule has 3 rings (SSSR count). The van der Waals surface area contributed by atoms with Crippen LogP contribution in [0.5, 0.6) is 0 Å². The predicted octanol–water partition coefficient (Wildman–Crippen LogP) is 5.58. The molecule has 0 aromatic heterocycles. The average Bonchev–Trinajstić information content (AvgIpc) is 2.84. The van der Waals surface area contributed by atoms with Gasteiger partial charge in [-0.05, 0) is 60.7 Å². The molecule has 33 heavy (non-hydrogen) atoms. The first-order valence-corrected chi connectivity index (χ1v) is 11.6. The molecule has 172 valence electrons. The minimum Gasteiger partial charge on any atom is -0.386 e. The summed E-state index contributed by atoms with van der Waals surface area (Å²) in [6.07, 6.45) is 6.84. The molecule has 0 bridgehead atoms. The largest absolute Gasteiger partial charge is 0.386 e. The number of rotatable bonds is 8. The molecular formula is C27H32N4O2. The molecule has 1 saturated carbocycles. The molecule has 1 atom stereocenters. The van der Waals surface area contributed by atoms with Gasteiger partial charge in [-0.2, -0.15) is 5.26 Å². The van der Waals surface area contributed by atoms with Crippen molar-refractivity contribution in [2.24, 2.45) is 16.8 Å². The third kappa shape index (κ3) is 6.07. The first-order chi connectivity index (χ1) is 15.9. The fourth-order valence-corrected chi connectivity index (χ4v) is 4.52. The van der Waals surface area contributed by atoms with Crippen LogP contribution < -0.4 is 10.6 Å². The number of amides is 1. The standard InChI is InChI=1S/C27H32N4O2/c1-18(2)25(26(32)20-7-5-4-6-8-20)22-13-14-23(29-3)24(15-22)30-17-31-27(33)21-11-9-19(16-28)10-12-21/h9-15,17-18,20,25,29H,4-8H2,1-3H3,(H,30,31,33). The van der Waals surface area contributed by atoms with Crippen LogP contribution in [0.1, 0.15) is 73.4 Å². The number of carbonyl (C=O) groups is 2. The molecular weight excluding hydrogens is 412 g/mol. The Morgan fingerprint density at radius 1 is 1.09 bits per heavy atom. The summed E-state index contributed by atoms with van der Waals surface area (Å²) in [5.41, 5.74) is 3.39. The van der Waals surface area contributed by atoms with Crippen molar-refractivity contribution in [3.63, 3.8) is 0 Å². The number of aliphatic imine (C=N–C) groups is 1. The van der Waals surface area contributed by atoms with Gasteiger partial charge in [0.2, 0.25) is 0 Å². The fourth-order valence-electron chi connectivity index (χ4n) is 4.52. The summed E-state index contributed by atoms with van der Waals surface area (Å²) in [5.74, 6) is 0.201. The van der Waals surface area contributed by atoms with Gasteiger partial charge in [0.1, 0.15) is 5.78 Å². The van der Waals surface area contributed by atoms with Gasteiger partial charge in [0.05, 0.1) is 29.3 Å². The zero-order valence-corrected chi connectivity index (χ0v) is 19.6. The zero-order valence-electron chi connectivity index (χ0n) is 19.6. The van der Waals surface area contributed by atoms with Crippen LogP contribution in [0.4, 0.5) is 11.4 Å². The molecule has 6 nitrogen and oxygen atoms in total. The Kier molecular flexibility index (Phi) is 8.37. The van der Waals surface area contributed by atoms with Crippen LogP contribution in [0, 0.1) is 23.2 Å². The Labute approximate surface area is 196 Å². The zero-order chi connectivity index (χ0) is 23.8. The summed E-state index contributed by atoms with van der Waals surface area (Å²) in [7, 11) is 1.82. The summed E-state index contributed by atoms with van der Waals surface area (Å²) < 4.78 is 0. The van der Waals surface area contributed by atoms with Crippen LogP contribution >= 0.6 is 0 Å². The lowest BCUT2D eigenvalue weighted by atomic mass is 9.75. The van der Waals surface area contributed by atoms with E-state index >= 15 is 0 Å². The first-order valence-electron chi connectivity index (χ1n) is 11.6. The topological polar surface area (TPSA) is 94.3 Å². The van der Waals surface area contributed by atoms with Gasteiger partial charge in [-0.25, -0.2) is 4.99 Å². The minimum atomic E-state index is -0.307. The maximum atomic E-state index is 13.4. The molecule has 1 amide bonds. The van der Waals surface area contributed by atoms with E-state index in [1.54, 1.807) is 24.3 Å². The van der Waals surface area contributed by atoms with Gasteiger partial charge in [0, 0.05) is 24.4 Å². The lowest BCUT2D eigenvalue weighted by molar-refractivity contribution is -0.126. The minimum absolute atomic E-state index is 0.147. The predicted molar refractivity (Wildman–Crippen MR) is 132 cm³/mol. The van der Waals surface area contributed by atoms with E-state index in [4.69, 9.17) is 5.26 Å². The van der Waals surface area contributed by atoms with Crippen molar-refractivity contribution in [3.05, 3.63) is 59.2 Å². The third-order valence-corrected chi connectivity index (χ3v) is 6.31. The quantitative estimate of drug-likeness (QED) is 0.410. The molecule has 0 aliphatic heterocycles. The van der Waals surface area contributed by atoms with Gasteiger partial charge in [-0.3, -0.25) is 9.59 Å². The summed E-state index contributed by atoms with van der Waals surface area (Å²) in [6, 6.07) is 14.3. The Morgan fingerprint density at radius 2 is 1.79 bits per heavy atom. The summed E-state index contributed by atoms with van der Waals surface area (Å²) in [5, 5.41) is 14.7. The number of anilines is 1. The van der Waals surface area contributed by atoms with Gasteiger partial charge in [-0.15, -0.1) is 0 Å². The van der Waals surface area contributed by atoms with Crippen LogP contribution in [0.25, 0.3) is 0 Å². The van der Waals surface area contributed by atoms with E-state index in [1.165, 1.54) is 12.8 Å². The van der Waals surface area contributed by atoms with Gasteiger partial charge in [-0.1, -0.05) is 39.2 Å². The smallest absolute Gasteiger partial charge is 0.256 e. The van der Waals surface area contributed by atoms with E-state index in [-0.39, 0.29) is 23.7 Å². The highest BCUT2D eigenvalue weighted by molar-refractivity contribution is 6.01. The molecule has 0 radical (unpaired) electrons. The number of hydrogen-bond acceptors (Lipinski definition) is 5. The maximum Gasteiger partial charge on any atom is 0.256 e. The second-order valence-corrected chi connectivity index (χ2v) is 8.91. The normalized spacial score (nSPS) is 15.2. The number of nitrogens with one attached hydrogen (secondary N) is 2. The fraction of sp³-hybridized carbons (Fsp3) is 0.407. The van der Waals surface area contributed by atoms with Crippen molar-refractivity contribution in [2.45, 2.75) is 51.9 Å². The van der Waals surface area contributed by atoms with E-state index in [1.807, 2.05) is 31.3 Å². The molecule has 0 heterocycles. The highest BCUT2D eigenvalue weighted by atomic mass is 16.1. The third-order valence-electron chi connectivity index (χ3n) is 6.31. The molecule has 1 fully saturated rings. The average molecular weight is 445 g/mol. The van der Waals surface area contributed by atoms with Crippen LogP contribution in [0.15, 0.2) is 47.5 Å². The van der Waals surface area contributed by atoms with Gasteiger partial charge in [0.25, 0.3) is 5.91 Å². The van der Waals surface area contributed by atoms with E-state index < -0.39 is 0 Å². The van der Waals surface area contributed by atoms with Crippen molar-refractivity contribution in [1.82, 2.24) is 5.32 Å². The molecule has 1 unspecified atom stereocenters. The van der Waals surface area contributed by atoms with Crippen LogP contribution in [0.2, 0.25) is 0 Å². The molecule has 2 aromatic rings. The number of Topliss-reactive ketones (excluding diaryl/α,β-unsaturated/α-hetero) is 1. The van der Waals surface area contributed by atoms with Crippen LogP contribution in [-0.2, 0) is 4.79 Å². The summed E-state index contributed by atoms with van der Waals surface area (Å²) in [6.45, 7) is 4.19. The lowest BCUT2D eigenvalue weighted by Crippen LogP contribution is -2.27. The first kappa shape index (κ1) is 24.2. The summed E-state index contributed by atoms with van der Waals surface area (Å²) >= 11 is 0. The molecule has 0 saturated heterocycles. The maximum absolute atomic E-state index is 13.4. The molecule has 2 N–H and O–H groups in total. The monoisotopic (exact) mass is 444 g/mol. The van der Waals surface area contributed by atoms with Gasteiger partial charge in [0.15, 0.2) is 0 Å². The number of nitrogens with zero attached hydrogens (tertiary/aromatic N) is 2. The highest BCUT2D eigenvalue weighted by Gasteiger charge is 2.31. The Morgan fingerprint density at radius 3 is 2.39 bits per heavy atom. The Bertz CT molecular complexity index is 1040. The van der Waals surface area contributed by atoms with Crippen molar-refractivity contribution in [1.29, 1.82) is 5.26 Å². The summed E-state index contributed by atoms with van der Waals surface area (Å²) in [4.78, 5) is 30.2. The van der Waals surface area contributed by atoms with E-state index in [9.17, 15) is 9.59 Å². The number of nitriles is 1. The van der Waals surface area contributed by atoms with Gasteiger partial charge < -0.3 is 10.6 Å². The Balaban J connectivity index is 1.79. The number of ketones is 1. The molecule has 0 spiro atoms. The van der Waals surface area contributed by atoms with Gasteiger partial charge >= 0.3 is 0 Å². The van der Waals surface area contributed by atoms with Crippen molar-refractivity contribution in [2.75, 3.05) is 12.4 Å². The van der Waals surface area contributed by atoms with E-state index in [2.05, 4.69) is 29.5 Å². The van der Waals surface area contributed by atoms with Crippen molar-refractivity contribution >= 4 is 29.4 Å². The number of hydrogen-bond donors (Lipinski definition) is 2. The molecule has 1 aliphatic carbocycles. The molecule has 2 aromatic carbocycles. The van der Waals surface area contributed by atoms with Crippen LogP contribution in [0.3, 0.4) is 0 Å². The highest BCUT2D eigenvalue weighted by Crippen LogP contribution is 2.37.